The summed E-state index contributed by atoms with van der Waals surface area (Å²) in [6.45, 7) is 9.27. The number of hydrogen-bond acceptors (Lipinski definition) is 4. The first-order valence-corrected chi connectivity index (χ1v) is 7.10. The Morgan fingerprint density at radius 1 is 1.16 bits per heavy atom. The first-order chi connectivity index (χ1) is 9.22. The van der Waals surface area contributed by atoms with Crippen molar-refractivity contribution in [3.63, 3.8) is 0 Å². The molecule has 0 bridgehead atoms. The highest BCUT2D eigenvalue weighted by molar-refractivity contribution is 5.54. The molecule has 19 heavy (non-hydrogen) atoms. The average molecular weight is 263 g/mol. The van der Waals surface area contributed by atoms with Crippen LogP contribution in [0.15, 0.2) is 18.2 Å². The number of anilines is 1. The molecule has 0 saturated carbocycles. The highest BCUT2D eigenvalue weighted by Crippen LogP contribution is 2.22. The van der Waals surface area contributed by atoms with Crippen LogP contribution in [-0.2, 0) is 6.42 Å². The van der Waals surface area contributed by atoms with Crippen LogP contribution in [0.1, 0.15) is 12.5 Å². The molecule has 0 unspecified atom stereocenters. The highest BCUT2D eigenvalue weighted by Gasteiger charge is 2.14. The zero-order chi connectivity index (χ0) is 13.7. The number of nitrogen functional groups attached to an aromatic ring is 1. The summed E-state index contributed by atoms with van der Waals surface area (Å²) in [5.74, 6) is 0.764. The van der Waals surface area contributed by atoms with Crippen LogP contribution >= 0.6 is 0 Å². The van der Waals surface area contributed by atoms with Crippen LogP contribution in [0.25, 0.3) is 0 Å². The van der Waals surface area contributed by atoms with Crippen molar-refractivity contribution in [2.45, 2.75) is 13.3 Å². The lowest BCUT2D eigenvalue weighted by molar-refractivity contribution is 0.138. The van der Waals surface area contributed by atoms with Crippen LogP contribution in [0.5, 0.6) is 5.75 Å². The molecule has 0 aliphatic carbocycles. The number of nitrogens with two attached hydrogens (primary N) is 1. The molecule has 4 heteroatoms. The largest absolute Gasteiger partial charge is 0.495 e. The van der Waals surface area contributed by atoms with E-state index in [0.717, 1.165) is 24.4 Å². The zero-order valence-electron chi connectivity index (χ0n) is 12.1. The van der Waals surface area contributed by atoms with Gasteiger partial charge in [0, 0.05) is 32.7 Å². The van der Waals surface area contributed by atoms with Crippen LogP contribution in [0.3, 0.4) is 0 Å². The summed E-state index contributed by atoms with van der Waals surface area (Å²) < 4.78 is 5.18. The van der Waals surface area contributed by atoms with Crippen molar-refractivity contribution in [2.75, 3.05) is 52.1 Å². The first-order valence-electron chi connectivity index (χ1n) is 7.10. The summed E-state index contributed by atoms with van der Waals surface area (Å²) in [7, 11) is 1.65. The maximum atomic E-state index is 5.93. The molecule has 1 fully saturated rings. The number of piperazine rings is 1. The van der Waals surface area contributed by atoms with Crippen molar-refractivity contribution in [1.29, 1.82) is 0 Å². The Kier molecular flexibility index (Phi) is 5.05. The second-order valence-corrected chi connectivity index (χ2v) is 5.10. The number of likely N-dealkylation sites (N-methyl/N-ethyl adjacent to an activating group) is 1. The molecule has 1 aliphatic rings. The Balaban J connectivity index is 1.81. The Labute approximate surface area is 116 Å². The van der Waals surface area contributed by atoms with Gasteiger partial charge in [-0.25, -0.2) is 0 Å². The lowest BCUT2D eigenvalue weighted by Gasteiger charge is -2.34. The Hall–Kier alpha value is -1.26. The maximum absolute atomic E-state index is 5.93. The van der Waals surface area contributed by atoms with E-state index >= 15 is 0 Å². The van der Waals surface area contributed by atoms with Gasteiger partial charge in [-0.05, 0) is 30.7 Å². The zero-order valence-corrected chi connectivity index (χ0v) is 12.1. The molecule has 1 aromatic rings. The van der Waals surface area contributed by atoms with E-state index < -0.39 is 0 Å². The molecule has 0 amide bonds. The van der Waals surface area contributed by atoms with Gasteiger partial charge in [-0.2, -0.15) is 0 Å². The molecule has 106 valence electrons. The van der Waals surface area contributed by atoms with Crippen LogP contribution in [0.4, 0.5) is 5.69 Å². The van der Waals surface area contributed by atoms with Crippen molar-refractivity contribution >= 4 is 5.69 Å². The summed E-state index contributed by atoms with van der Waals surface area (Å²) in [5.41, 5.74) is 7.95. The minimum Gasteiger partial charge on any atom is -0.495 e. The molecule has 0 radical (unpaired) electrons. The maximum Gasteiger partial charge on any atom is 0.141 e. The molecule has 2 rings (SSSR count). The van der Waals surface area contributed by atoms with Gasteiger partial charge in [0.1, 0.15) is 5.75 Å². The van der Waals surface area contributed by atoms with E-state index in [-0.39, 0.29) is 0 Å². The fourth-order valence-corrected chi connectivity index (χ4v) is 2.56. The van der Waals surface area contributed by atoms with E-state index in [0.29, 0.717) is 0 Å². The van der Waals surface area contributed by atoms with Crippen LogP contribution in [0, 0.1) is 0 Å². The normalized spacial score (nSPS) is 17.6. The lowest BCUT2D eigenvalue weighted by atomic mass is 10.1. The quantitative estimate of drug-likeness (QED) is 0.817. The third-order valence-corrected chi connectivity index (χ3v) is 3.92. The monoisotopic (exact) mass is 263 g/mol. The smallest absolute Gasteiger partial charge is 0.141 e. The van der Waals surface area contributed by atoms with E-state index in [9.17, 15) is 0 Å². The molecule has 0 atom stereocenters. The third kappa shape index (κ3) is 3.85. The van der Waals surface area contributed by atoms with E-state index in [4.69, 9.17) is 10.5 Å². The lowest BCUT2D eigenvalue weighted by Crippen LogP contribution is -2.46. The van der Waals surface area contributed by atoms with Gasteiger partial charge in [-0.1, -0.05) is 13.0 Å². The third-order valence-electron chi connectivity index (χ3n) is 3.92. The van der Waals surface area contributed by atoms with E-state index in [1.54, 1.807) is 7.11 Å². The van der Waals surface area contributed by atoms with Gasteiger partial charge in [0.05, 0.1) is 12.8 Å². The molecular formula is C15H25N3O. The molecule has 1 saturated heterocycles. The van der Waals surface area contributed by atoms with E-state index in [2.05, 4.69) is 22.8 Å². The van der Waals surface area contributed by atoms with Gasteiger partial charge in [0.2, 0.25) is 0 Å². The molecule has 1 heterocycles. The number of hydrogen-bond donors (Lipinski definition) is 1. The van der Waals surface area contributed by atoms with E-state index in [1.807, 2.05) is 12.1 Å². The summed E-state index contributed by atoms with van der Waals surface area (Å²) in [5, 5.41) is 0. The number of benzene rings is 1. The van der Waals surface area contributed by atoms with Gasteiger partial charge in [-0.3, -0.25) is 0 Å². The standard InChI is InChI=1S/C15H25N3O/c1-3-17-8-10-18(11-9-17)7-6-13-4-5-15(19-2)14(16)12-13/h4-5,12H,3,6-11,16H2,1-2H3. The van der Waals surface area contributed by atoms with Gasteiger partial charge in [-0.15, -0.1) is 0 Å². The Bertz CT molecular complexity index is 400. The predicted octanol–water partition coefficient (Wildman–Crippen LogP) is 1.46. The van der Waals surface area contributed by atoms with Gasteiger partial charge < -0.3 is 20.3 Å². The van der Waals surface area contributed by atoms with Gasteiger partial charge in [0.15, 0.2) is 0 Å². The number of methoxy groups -OCH3 is 1. The second kappa shape index (κ2) is 6.78. The molecule has 4 nitrogen and oxygen atoms in total. The molecule has 0 aromatic heterocycles. The van der Waals surface area contributed by atoms with Crippen LogP contribution in [-0.4, -0.2) is 56.2 Å². The molecule has 0 spiro atoms. The minimum atomic E-state index is 0.732. The minimum absolute atomic E-state index is 0.732. The van der Waals surface area contributed by atoms with Crippen molar-refractivity contribution in [1.82, 2.24) is 9.80 Å². The molecule has 1 aliphatic heterocycles. The van der Waals surface area contributed by atoms with Crippen molar-refractivity contribution in [3.05, 3.63) is 23.8 Å². The first kappa shape index (κ1) is 14.2. The Morgan fingerprint density at radius 3 is 2.42 bits per heavy atom. The molecule has 2 N–H and O–H groups in total. The van der Waals surface area contributed by atoms with Crippen LogP contribution < -0.4 is 10.5 Å². The van der Waals surface area contributed by atoms with Crippen molar-refractivity contribution in [3.8, 4) is 5.75 Å². The van der Waals surface area contributed by atoms with Gasteiger partial charge in [0.25, 0.3) is 0 Å². The fraction of sp³-hybridized carbons (Fsp3) is 0.600. The van der Waals surface area contributed by atoms with Crippen molar-refractivity contribution < 1.29 is 4.74 Å². The van der Waals surface area contributed by atoms with Crippen molar-refractivity contribution in [2.24, 2.45) is 0 Å². The van der Waals surface area contributed by atoms with Gasteiger partial charge >= 0.3 is 0 Å². The number of ether oxygens (including phenoxy) is 1. The second-order valence-electron chi connectivity index (χ2n) is 5.10. The summed E-state index contributed by atoms with van der Waals surface area (Å²) in [4.78, 5) is 5.04. The summed E-state index contributed by atoms with van der Waals surface area (Å²) in [6.07, 6.45) is 1.06. The SMILES string of the molecule is CCN1CCN(CCc2ccc(OC)c(N)c2)CC1. The summed E-state index contributed by atoms with van der Waals surface area (Å²) >= 11 is 0. The highest BCUT2D eigenvalue weighted by atomic mass is 16.5. The molecular weight excluding hydrogens is 238 g/mol. The van der Waals surface area contributed by atoms with Crippen LogP contribution in [0.2, 0.25) is 0 Å². The average Bonchev–Trinajstić information content (AvgIpc) is 2.46. The summed E-state index contributed by atoms with van der Waals surface area (Å²) in [6, 6.07) is 6.10. The number of rotatable bonds is 5. The Morgan fingerprint density at radius 2 is 1.84 bits per heavy atom. The molecule has 1 aromatic carbocycles. The number of nitrogens with zero attached hydrogens (tertiary/aromatic N) is 2. The van der Waals surface area contributed by atoms with E-state index in [1.165, 1.54) is 38.3 Å². The topological polar surface area (TPSA) is 41.7 Å². The predicted molar refractivity (Wildman–Crippen MR) is 79.7 cm³/mol. The fourth-order valence-electron chi connectivity index (χ4n) is 2.56.